The molecule has 0 aliphatic rings. The van der Waals surface area contributed by atoms with E-state index in [1.165, 1.54) is 22.6 Å². The van der Waals surface area contributed by atoms with Crippen LogP contribution in [-0.4, -0.2) is 42.5 Å². The smallest absolute Gasteiger partial charge is 0.421 e. The molecule has 0 aliphatic carbocycles. The van der Waals surface area contributed by atoms with Crippen molar-refractivity contribution in [3.63, 3.8) is 0 Å². The van der Waals surface area contributed by atoms with E-state index in [-0.39, 0.29) is 3.57 Å². The Labute approximate surface area is 149 Å². The van der Waals surface area contributed by atoms with Crippen LogP contribution in [0.5, 0.6) is 0 Å². The van der Waals surface area contributed by atoms with Gasteiger partial charge in [0.05, 0.1) is 21.4 Å². The van der Waals surface area contributed by atoms with Crippen molar-refractivity contribution in [3.8, 4) is 0 Å². The highest BCUT2D eigenvalue weighted by Gasteiger charge is 2.72. The zero-order chi connectivity index (χ0) is 19.8. The molecule has 0 saturated heterocycles. The predicted molar refractivity (Wildman–Crippen MR) is 76.0 cm³/mol. The fourth-order valence-corrected chi connectivity index (χ4v) is 3.12. The van der Waals surface area contributed by atoms with E-state index in [0.717, 1.165) is 6.07 Å². The SMILES string of the molecule is O=C(NC(CS(=O)(=O)[O-])(C(F)(F)F)C(F)(F)F)c1cc(I)ccc1F. The third kappa shape index (κ3) is 4.93. The first-order valence-corrected chi connectivity index (χ1v) is 8.50. The van der Waals surface area contributed by atoms with E-state index in [4.69, 9.17) is 0 Å². The molecule has 0 radical (unpaired) electrons. The van der Waals surface area contributed by atoms with Gasteiger partial charge in [-0.2, -0.15) is 26.3 Å². The van der Waals surface area contributed by atoms with Crippen molar-refractivity contribution in [2.24, 2.45) is 0 Å². The minimum atomic E-state index is -6.41. The van der Waals surface area contributed by atoms with Crippen LogP contribution in [0.1, 0.15) is 10.4 Å². The lowest BCUT2D eigenvalue weighted by atomic mass is 9.99. The van der Waals surface area contributed by atoms with Crippen LogP contribution in [-0.2, 0) is 10.1 Å². The molecule has 0 bridgehead atoms. The molecule has 0 saturated carbocycles. The molecule has 25 heavy (non-hydrogen) atoms. The van der Waals surface area contributed by atoms with E-state index in [2.05, 4.69) is 0 Å². The summed E-state index contributed by atoms with van der Waals surface area (Å²) in [5.41, 5.74) is -6.58. The Bertz CT molecular complexity index is 762. The molecule has 1 amide bonds. The summed E-state index contributed by atoms with van der Waals surface area (Å²) in [6.45, 7) is 0. The number of amides is 1. The molecule has 0 fully saturated rings. The Kier molecular flexibility index (Phi) is 6.01. The maximum Gasteiger partial charge on any atom is 0.421 e. The van der Waals surface area contributed by atoms with Crippen LogP contribution in [0.2, 0.25) is 0 Å². The summed E-state index contributed by atoms with van der Waals surface area (Å²) in [6.07, 6.45) is -12.8. The lowest BCUT2D eigenvalue weighted by Gasteiger charge is -2.38. The highest BCUT2D eigenvalue weighted by atomic mass is 127. The summed E-state index contributed by atoms with van der Waals surface area (Å²) >= 11 is 1.51. The monoisotopic (exact) mass is 508 g/mol. The highest BCUT2D eigenvalue weighted by molar-refractivity contribution is 14.1. The molecule has 142 valence electrons. The molecule has 1 N–H and O–H groups in total. The molecule has 0 spiro atoms. The Hall–Kier alpha value is -1.16. The molecule has 5 nitrogen and oxygen atoms in total. The van der Waals surface area contributed by atoms with Gasteiger partial charge in [0.2, 0.25) is 5.54 Å². The fourth-order valence-electron chi connectivity index (χ4n) is 1.70. The standard InChI is InChI=1S/C11H7F7INO4S/c12-7-2-1-5(19)3-6(7)8(21)20-9(10(13,14)15,11(16,17)18)4-25(22,23)24/h1-3H,4H2,(H,20,21)(H,22,23,24)/p-1. The van der Waals surface area contributed by atoms with Gasteiger partial charge < -0.3 is 9.87 Å². The van der Waals surface area contributed by atoms with Crippen molar-refractivity contribution in [1.82, 2.24) is 5.32 Å². The molecule has 1 rings (SSSR count). The minimum absolute atomic E-state index is 0.102. The predicted octanol–water partition coefficient (Wildman–Crippen LogP) is 2.57. The number of halogens is 8. The van der Waals surface area contributed by atoms with Gasteiger partial charge in [-0.05, 0) is 40.8 Å². The number of alkyl halides is 6. The number of nitrogens with one attached hydrogen (secondary N) is 1. The molecular weight excluding hydrogens is 502 g/mol. The molecule has 1 aromatic rings. The first-order chi connectivity index (χ1) is 11.0. The Morgan fingerprint density at radius 2 is 1.60 bits per heavy atom. The van der Waals surface area contributed by atoms with Gasteiger partial charge in [-0.3, -0.25) is 4.79 Å². The van der Waals surface area contributed by atoms with E-state index < -0.39 is 51.1 Å². The molecule has 14 heteroatoms. The maximum atomic E-state index is 13.5. The highest BCUT2D eigenvalue weighted by Crippen LogP contribution is 2.44. The van der Waals surface area contributed by atoms with Gasteiger partial charge in [0.15, 0.2) is 0 Å². The Balaban J connectivity index is 3.53. The van der Waals surface area contributed by atoms with Crippen LogP contribution < -0.4 is 5.32 Å². The van der Waals surface area contributed by atoms with Crippen molar-refractivity contribution in [3.05, 3.63) is 33.1 Å². The largest absolute Gasteiger partial charge is 0.748 e. The molecule has 0 atom stereocenters. The van der Waals surface area contributed by atoms with Gasteiger partial charge in [0.1, 0.15) is 5.82 Å². The third-order valence-corrected chi connectivity index (χ3v) is 4.32. The van der Waals surface area contributed by atoms with Crippen molar-refractivity contribution >= 4 is 38.6 Å². The van der Waals surface area contributed by atoms with Gasteiger partial charge in [0.25, 0.3) is 5.91 Å². The van der Waals surface area contributed by atoms with Crippen LogP contribution in [0.4, 0.5) is 30.7 Å². The van der Waals surface area contributed by atoms with Crippen molar-refractivity contribution in [2.45, 2.75) is 17.9 Å². The molecule has 0 heterocycles. The zero-order valence-electron chi connectivity index (χ0n) is 11.5. The quantitative estimate of drug-likeness (QED) is 0.385. The summed E-state index contributed by atoms with van der Waals surface area (Å²) in [4.78, 5) is 11.8. The second-order valence-electron chi connectivity index (χ2n) is 4.68. The van der Waals surface area contributed by atoms with Crippen LogP contribution in [0.15, 0.2) is 18.2 Å². The van der Waals surface area contributed by atoms with Crippen molar-refractivity contribution in [1.29, 1.82) is 0 Å². The van der Waals surface area contributed by atoms with E-state index in [1.54, 1.807) is 0 Å². The van der Waals surface area contributed by atoms with Gasteiger partial charge in [0, 0.05) is 3.57 Å². The zero-order valence-corrected chi connectivity index (χ0v) is 14.5. The summed E-state index contributed by atoms with van der Waals surface area (Å²) in [5.74, 6) is -6.67. The van der Waals surface area contributed by atoms with Gasteiger partial charge in [-0.15, -0.1) is 0 Å². The first kappa shape index (κ1) is 21.9. The topological polar surface area (TPSA) is 86.3 Å². The Morgan fingerprint density at radius 3 is 2.00 bits per heavy atom. The summed E-state index contributed by atoms with van der Waals surface area (Å²) < 4.78 is 124. The van der Waals surface area contributed by atoms with Crippen LogP contribution >= 0.6 is 22.6 Å². The van der Waals surface area contributed by atoms with E-state index in [0.29, 0.717) is 17.4 Å². The number of carbonyl (C=O) groups excluding carboxylic acids is 1. The third-order valence-electron chi connectivity index (χ3n) is 2.86. The van der Waals surface area contributed by atoms with E-state index >= 15 is 0 Å². The molecule has 0 unspecified atom stereocenters. The fraction of sp³-hybridized carbons (Fsp3) is 0.364. The summed E-state index contributed by atoms with van der Waals surface area (Å²) in [7, 11) is -6.09. The number of hydrogen-bond donors (Lipinski definition) is 1. The molecule has 0 aromatic heterocycles. The van der Waals surface area contributed by atoms with Crippen LogP contribution in [0, 0.1) is 9.39 Å². The van der Waals surface area contributed by atoms with Gasteiger partial charge in [-0.1, -0.05) is 0 Å². The van der Waals surface area contributed by atoms with Gasteiger partial charge in [-0.25, -0.2) is 12.8 Å². The van der Waals surface area contributed by atoms with Crippen molar-refractivity contribution in [2.75, 3.05) is 5.75 Å². The summed E-state index contributed by atoms with van der Waals surface area (Å²) in [5, 5.41) is 0.440. The maximum absolute atomic E-state index is 13.5. The average molecular weight is 508 g/mol. The number of benzene rings is 1. The van der Waals surface area contributed by atoms with E-state index in [9.17, 15) is 48.5 Å². The lowest BCUT2D eigenvalue weighted by Crippen LogP contribution is -2.70. The van der Waals surface area contributed by atoms with Crippen LogP contribution in [0.3, 0.4) is 0 Å². The second-order valence-corrected chi connectivity index (χ2v) is 7.33. The lowest BCUT2D eigenvalue weighted by molar-refractivity contribution is -0.296. The first-order valence-electron chi connectivity index (χ1n) is 5.85. The average Bonchev–Trinajstić information content (AvgIpc) is 2.36. The molecular formula is C11H6F7INO4S-. The number of rotatable bonds is 4. The van der Waals surface area contributed by atoms with Crippen molar-refractivity contribution < 1.29 is 48.5 Å². The number of carbonyl (C=O) groups is 1. The normalized spacial score (nSPS) is 13.6. The molecule has 1 aromatic carbocycles. The molecule has 0 aliphatic heterocycles. The second kappa shape index (κ2) is 6.86. The van der Waals surface area contributed by atoms with Gasteiger partial charge >= 0.3 is 12.4 Å². The minimum Gasteiger partial charge on any atom is -0.748 e. The van der Waals surface area contributed by atoms with Crippen LogP contribution in [0.25, 0.3) is 0 Å². The van der Waals surface area contributed by atoms with E-state index in [1.807, 2.05) is 0 Å². The summed E-state index contributed by atoms with van der Waals surface area (Å²) in [6, 6.07) is 2.34. The number of hydrogen-bond acceptors (Lipinski definition) is 4. The Morgan fingerprint density at radius 1 is 1.12 bits per heavy atom.